The van der Waals surface area contributed by atoms with E-state index in [1.165, 1.54) is 11.3 Å². The summed E-state index contributed by atoms with van der Waals surface area (Å²) in [4.78, 5) is 4.46. The van der Waals surface area contributed by atoms with Gasteiger partial charge in [0.05, 0.1) is 25.1 Å². The third kappa shape index (κ3) is 5.32. The van der Waals surface area contributed by atoms with Gasteiger partial charge in [-0.25, -0.2) is 13.1 Å². The van der Waals surface area contributed by atoms with E-state index < -0.39 is 10.0 Å². The van der Waals surface area contributed by atoms with E-state index in [0.29, 0.717) is 19.5 Å². The van der Waals surface area contributed by atoms with Crippen LogP contribution in [-0.2, 0) is 35.8 Å². The molecule has 0 radical (unpaired) electrons. The highest BCUT2D eigenvalue weighted by Crippen LogP contribution is 2.30. The number of pyridine rings is 1. The zero-order valence-electron chi connectivity index (χ0n) is 17.8. The fourth-order valence-electron chi connectivity index (χ4n) is 3.99. The second kappa shape index (κ2) is 9.62. The van der Waals surface area contributed by atoms with E-state index >= 15 is 0 Å². The predicted octanol–water partition coefficient (Wildman–Crippen LogP) is 2.99. The molecule has 3 aromatic rings. The Kier molecular flexibility index (Phi) is 6.67. The van der Waals surface area contributed by atoms with Gasteiger partial charge in [-0.2, -0.15) is 5.10 Å². The van der Waals surface area contributed by atoms with Crippen LogP contribution in [0.1, 0.15) is 29.7 Å². The Bertz CT molecular complexity index is 1110. The SMILES string of the molecule is COc1ccc(CCS(=O)(=O)NCCn2nc(-c3ccccn3)c3c2CCCC3)cc1. The third-order valence-electron chi connectivity index (χ3n) is 5.63. The average Bonchev–Trinajstić information content (AvgIpc) is 3.17. The van der Waals surface area contributed by atoms with Gasteiger partial charge in [-0.3, -0.25) is 9.67 Å². The first-order valence-electron chi connectivity index (χ1n) is 10.7. The van der Waals surface area contributed by atoms with Gasteiger partial charge in [0, 0.05) is 24.0 Å². The molecule has 0 saturated carbocycles. The van der Waals surface area contributed by atoms with E-state index in [-0.39, 0.29) is 5.75 Å². The Morgan fingerprint density at radius 3 is 2.65 bits per heavy atom. The Hall–Kier alpha value is -2.71. The summed E-state index contributed by atoms with van der Waals surface area (Å²) >= 11 is 0. The molecular weight excluding hydrogens is 412 g/mol. The van der Waals surface area contributed by atoms with Crippen LogP contribution < -0.4 is 9.46 Å². The number of hydrogen-bond acceptors (Lipinski definition) is 5. The number of aryl methyl sites for hydroxylation is 1. The first-order valence-corrected chi connectivity index (χ1v) is 12.3. The van der Waals surface area contributed by atoms with Gasteiger partial charge in [-0.05, 0) is 61.9 Å². The lowest BCUT2D eigenvalue weighted by Crippen LogP contribution is -2.31. The van der Waals surface area contributed by atoms with Crippen LogP contribution in [0.4, 0.5) is 0 Å². The smallest absolute Gasteiger partial charge is 0.211 e. The zero-order valence-corrected chi connectivity index (χ0v) is 18.6. The number of ether oxygens (including phenoxy) is 1. The number of methoxy groups -OCH3 is 1. The molecule has 164 valence electrons. The molecule has 1 aliphatic rings. The minimum Gasteiger partial charge on any atom is -0.497 e. The second-order valence-electron chi connectivity index (χ2n) is 7.73. The van der Waals surface area contributed by atoms with E-state index in [9.17, 15) is 8.42 Å². The minimum atomic E-state index is -3.37. The minimum absolute atomic E-state index is 0.0513. The maximum absolute atomic E-state index is 12.5. The predicted molar refractivity (Wildman–Crippen MR) is 121 cm³/mol. The van der Waals surface area contributed by atoms with Crippen LogP contribution in [0.3, 0.4) is 0 Å². The quantitative estimate of drug-likeness (QED) is 0.553. The molecule has 0 saturated heterocycles. The molecule has 2 heterocycles. The molecule has 2 aromatic heterocycles. The number of fused-ring (bicyclic) bond motifs is 1. The second-order valence-corrected chi connectivity index (χ2v) is 9.66. The lowest BCUT2D eigenvalue weighted by molar-refractivity contribution is 0.414. The van der Waals surface area contributed by atoms with Gasteiger partial charge >= 0.3 is 0 Å². The van der Waals surface area contributed by atoms with Crippen molar-refractivity contribution in [2.45, 2.75) is 38.6 Å². The van der Waals surface area contributed by atoms with Crippen molar-refractivity contribution >= 4 is 10.0 Å². The molecule has 4 rings (SSSR count). The van der Waals surface area contributed by atoms with Crippen LogP contribution in [0.5, 0.6) is 5.75 Å². The first-order chi connectivity index (χ1) is 15.1. The molecule has 8 heteroatoms. The van der Waals surface area contributed by atoms with Crippen molar-refractivity contribution in [3.63, 3.8) is 0 Å². The van der Waals surface area contributed by atoms with E-state index in [1.54, 1.807) is 13.3 Å². The van der Waals surface area contributed by atoms with Gasteiger partial charge in [-0.1, -0.05) is 18.2 Å². The molecule has 0 bridgehead atoms. The molecule has 0 atom stereocenters. The van der Waals surface area contributed by atoms with Crippen LogP contribution in [0.15, 0.2) is 48.7 Å². The zero-order chi connectivity index (χ0) is 21.7. The van der Waals surface area contributed by atoms with Crippen LogP contribution in [0.2, 0.25) is 0 Å². The standard InChI is InChI=1S/C23H28N4O3S/c1-30-19-11-9-18(10-12-19)13-17-31(28,29)25-15-16-27-22-8-3-2-6-20(22)23(26-27)21-7-4-5-14-24-21/h4-5,7,9-12,14,25H,2-3,6,8,13,15-17H2,1H3. The van der Waals surface area contributed by atoms with Gasteiger partial charge in [0.25, 0.3) is 0 Å². The van der Waals surface area contributed by atoms with Gasteiger partial charge < -0.3 is 4.74 Å². The summed E-state index contributed by atoms with van der Waals surface area (Å²) in [6.45, 7) is 0.831. The topological polar surface area (TPSA) is 86.1 Å². The van der Waals surface area contributed by atoms with E-state index in [0.717, 1.165) is 48.4 Å². The molecule has 0 spiro atoms. The van der Waals surface area contributed by atoms with Crippen molar-refractivity contribution in [3.8, 4) is 17.1 Å². The van der Waals surface area contributed by atoms with Crippen molar-refractivity contribution in [1.82, 2.24) is 19.5 Å². The fourth-order valence-corrected chi connectivity index (χ4v) is 5.04. The highest BCUT2D eigenvalue weighted by Gasteiger charge is 2.22. The molecule has 1 aromatic carbocycles. The molecule has 0 unspecified atom stereocenters. The van der Waals surface area contributed by atoms with Crippen molar-refractivity contribution in [3.05, 3.63) is 65.5 Å². The molecule has 0 aliphatic heterocycles. The largest absolute Gasteiger partial charge is 0.497 e. The van der Waals surface area contributed by atoms with Gasteiger partial charge in [0.2, 0.25) is 10.0 Å². The lowest BCUT2D eigenvalue weighted by atomic mass is 9.95. The highest BCUT2D eigenvalue weighted by molar-refractivity contribution is 7.89. The Morgan fingerprint density at radius 2 is 1.90 bits per heavy atom. The summed E-state index contributed by atoms with van der Waals surface area (Å²) in [5, 5.41) is 4.80. The van der Waals surface area contributed by atoms with Crippen molar-refractivity contribution < 1.29 is 13.2 Å². The summed E-state index contributed by atoms with van der Waals surface area (Å²) in [5.41, 5.74) is 5.24. The fraction of sp³-hybridized carbons (Fsp3) is 0.391. The normalized spacial score (nSPS) is 13.7. The van der Waals surface area contributed by atoms with E-state index in [2.05, 4.69) is 9.71 Å². The van der Waals surface area contributed by atoms with E-state index in [4.69, 9.17) is 9.84 Å². The number of aromatic nitrogens is 3. The molecular formula is C23H28N4O3S. The van der Waals surface area contributed by atoms with Crippen molar-refractivity contribution in [2.24, 2.45) is 0 Å². The molecule has 7 nitrogen and oxygen atoms in total. The summed E-state index contributed by atoms with van der Waals surface area (Å²) in [7, 11) is -1.76. The average molecular weight is 441 g/mol. The van der Waals surface area contributed by atoms with Crippen LogP contribution in [0, 0.1) is 0 Å². The molecule has 31 heavy (non-hydrogen) atoms. The monoisotopic (exact) mass is 440 g/mol. The summed E-state index contributed by atoms with van der Waals surface area (Å²) in [6, 6.07) is 13.3. The summed E-state index contributed by atoms with van der Waals surface area (Å²) in [6.07, 6.45) is 6.49. The van der Waals surface area contributed by atoms with Crippen molar-refractivity contribution in [1.29, 1.82) is 0 Å². The number of sulfonamides is 1. The molecule has 0 fully saturated rings. The molecule has 1 N–H and O–H groups in total. The number of nitrogens with one attached hydrogen (secondary N) is 1. The number of rotatable bonds is 9. The van der Waals surface area contributed by atoms with Gasteiger partial charge in [-0.15, -0.1) is 0 Å². The molecule has 0 amide bonds. The summed E-state index contributed by atoms with van der Waals surface area (Å²) < 4.78 is 34.7. The first kappa shape index (κ1) is 21.5. The maximum Gasteiger partial charge on any atom is 0.211 e. The Morgan fingerprint density at radius 1 is 1.10 bits per heavy atom. The van der Waals surface area contributed by atoms with Crippen LogP contribution in [-0.4, -0.2) is 42.6 Å². The lowest BCUT2D eigenvalue weighted by Gasteiger charge is -2.14. The molecule has 1 aliphatic carbocycles. The maximum atomic E-state index is 12.5. The Balaban J connectivity index is 1.38. The number of benzene rings is 1. The van der Waals surface area contributed by atoms with Crippen LogP contribution >= 0.6 is 0 Å². The highest BCUT2D eigenvalue weighted by atomic mass is 32.2. The van der Waals surface area contributed by atoms with Crippen molar-refractivity contribution in [2.75, 3.05) is 19.4 Å². The van der Waals surface area contributed by atoms with Crippen LogP contribution in [0.25, 0.3) is 11.4 Å². The number of nitrogens with zero attached hydrogens (tertiary/aromatic N) is 3. The van der Waals surface area contributed by atoms with E-state index in [1.807, 2.05) is 47.1 Å². The number of hydrogen-bond donors (Lipinski definition) is 1. The Labute approximate surface area is 183 Å². The summed E-state index contributed by atoms with van der Waals surface area (Å²) in [5.74, 6) is 0.813. The van der Waals surface area contributed by atoms with Gasteiger partial charge in [0.15, 0.2) is 0 Å². The third-order valence-corrected chi connectivity index (χ3v) is 7.01. The van der Waals surface area contributed by atoms with Gasteiger partial charge in [0.1, 0.15) is 11.4 Å².